The number of rotatable bonds is 4. The van der Waals surface area contributed by atoms with Crippen LogP contribution in [0.15, 0.2) is 52.9 Å². The summed E-state index contributed by atoms with van der Waals surface area (Å²) in [5, 5.41) is 22.7. The zero-order valence-corrected chi connectivity index (χ0v) is 11.7. The van der Waals surface area contributed by atoms with E-state index in [2.05, 4.69) is 0 Å². The molecule has 0 bridgehead atoms. The van der Waals surface area contributed by atoms with Crippen molar-refractivity contribution in [2.75, 3.05) is 0 Å². The van der Waals surface area contributed by atoms with Crippen LogP contribution in [-0.4, -0.2) is 9.85 Å². The van der Waals surface area contributed by atoms with Crippen LogP contribution < -0.4 is 0 Å². The minimum Gasteiger partial charge on any atom is -0.449 e. The molecule has 2 aromatic carbocycles. The molecule has 0 fully saturated rings. The van der Waals surface area contributed by atoms with Gasteiger partial charge in [-0.1, -0.05) is 24.3 Å². The standard InChI is InChI=1S/C16H10N2O5/c19-17(20)13-7-3-1-5-11(13)9-10-15-16(18(21)22)12-6-2-4-8-14(12)23-15/h1-10H. The van der Waals surface area contributed by atoms with E-state index in [4.69, 9.17) is 4.42 Å². The highest BCUT2D eigenvalue weighted by molar-refractivity contribution is 5.92. The molecule has 3 aromatic rings. The van der Waals surface area contributed by atoms with E-state index < -0.39 is 9.85 Å². The van der Waals surface area contributed by atoms with E-state index in [9.17, 15) is 20.2 Å². The summed E-state index contributed by atoms with van der Waals surface area (Å²) in [6, 6.07) is 12.8. The first kappa shape index (κ1) is 14.5. The molecule has 0 aliphatic heterocycles. The van der Waals surface area contributed by atoms with Gasteiger partial charge in [0.05, 0.1) is 20.8 Å². The van der Waals surface area contributed by atoms with Crippen molar-refractivity contribution in [3.63, 3.8) is 0 Å². The second-order valence-electron chi connectivity index (χ2n) is 4.72. The highest BCUT2D eigenvalue weighted by atomic mass is 16.6. The third-order valence-electron chi connectivity index (χ3n) is 3.33. The Balaban J connectivity index is 2.10. The largest absolute Gasteiger partial charge is 0.449 e. The maximum atomic E-state index is 11.3. The fraction of sp³-hybridized carbons (Fsp3) is 0. The van der Waals surface area contributed by atoms with Crippen molar-refractivity contribution < 1.29 is 14.3 Å². The van der Waals surface area contributed by atoms with Crippen molar-refractivity contribution in [2.45, 2.75) is 0 Å². The van der Waals surface area contributed by atoms with Gasteiger partial charge in [0.15, 0.2) is 0 Å². The zero-order valence-electron chi connectivity index (χ0n) is 11.7. The predicted octanol–water partition coefficient (Wildman–Crippen LogP) is 4.42. The lowest BCUT2D eigenvalue weighted by Crippen LogP contribution is -1.90. The average Bonchev–Trinajstić information content (AvgIpc) is 2.91. The topological polar surface area (TPSA) is 99.4 Å². The Bertz CT molecular complexity index is 943. The molecule has 0 radical (unpaired) electrons. The second-order valence-corrected chi connectivity index (χ2v) is 4.72. The minimum absolute atomic E-state index is 0.0503. The summed E-state index contributed by atoms with van der Waals surface area (Å²) < 4.78 is 5.48. The van der Waals surface area contributed by atoms with Crippen LogP contribution in [0.2, 0.25) is 0 Å². The molecule has 7 nitrogen and oxygen atoms in total. The lowest BCUT2D eigenvalue weighted by Gasteiger charge is -1.95. The van der Waals surface area contributed by atoms with Crippen molar-refractivity contribution >= 4 is 34.5 Å². The molecule has 0 saturated heterocycles. The molecule has 3 rings (SSSR count). The molecule has 114 valence electrons. The molecule has 0 atom stereocenters. The number of benzene rings is 2. The highest BCUT2D eigenvalue weighted by Crippen LogP contribution is 2.34. The maximum Gasteiger partial charge on any atom is 0.322 e. The monoisotopic (exact) mass is 310 g/mol. The number of hydrogen-bond donors (Lipinski definition) is 0. The summed E-state index contributed by atoms with van der Waals surface area (Å²) in [6.07, 6.45) is 2.81. The first-order chi connectivity index (χ1) is 11.1. The molecule has 0 N–H and O–H groups in total. The first-order valence-corrected chi connectivity index (χ1v) is 6.65. The van der Waals surface area contributed by atoms with Crippen molar-refractivity contribution in [2.24, 2.45) is 0 Å². The van der Waals surface area contributed by atoms with Gasteiger partial charge in [-0.15, -0.1) is 0 Å². The molecule has 7 heteroatoms. The van der Waals surface area contributed by atoms with Crippen LogP contribution in [0.4, 0.5) is 11.4 Å². The van der Waals surface area contributed by atoms with E-state index in [-0.39, 0.29) is 17.1 Å². The highest BCUT2D eigenvalue weighted by Gasteiger charge is 2.22. The molecule has 0 aliphatic carbocycles. The van der Waals surface area contributed by atoms with Crippen LogP contribution in [0, 0.1) is 20.2 Å². The SMILES string of the molecule is O=[N+]([O-])c1ccccc1C=Cc1oc2ccccc2c1[N+](=O)[O-]. The minimum atomic E-state index is -0.523. The Labute approximate surface area is 129 Å². The molecule has 0 aliphatic rings. The fourth-order valence-electron chi connectivity index (χ4n) is 2.31. The molecule has 0 unspecified atom stereocenters. The van der Waals surface area contributed by atoms with E-state index in [1.165, 1.54) is 18.2 Å². The van der Waals surface area contributed by atoms with E-state index in [1.807, 2.05) is 0 Å². The Kier molecular flexibility index (Phi) is 3.60. The molecular formula is C16H10N2O5. The Morgan fingerprint density at radius 2 is 1.57 bits per heavy atom. The predicted molar refractivity (Wildman–Crippen MR) is 84.9 cm³/mol. The van der Waals surface area contributed by atoms with Gasteiger partial charge in [-0.3, -0.25) is 20.2 Å². The van der Waals surface area contributed by atoms with E-state index >= 15 is 0 Å². The third-order valence-corrected chi connectivity index (χ3v) is 3.33. The molecule has 0 saturated carbocycles. The summed E-state index contributed by atoms with van der Waals surface area (Å²) in [5.74, 6) is 0.0503. The van der Waals surface area contributed by atoms with Gasteiger partial charge in [0.1, 0.15) is 5.58 Å². The van der Waals surface area contributed by atoms with Crippen molar-refractivity contribution in [1.29, 1.82) is 0 Å². The van der Waals surface area contributed by atoms with Crippen LogP contribution in [0.3, 0.4) is 0 Å². The van der Waals surface area contributed by atoms with E-state index in [0.717, 1.165) is 0 Å². The van der Waals surface area contributed by atoms with Gasteiger partial charge in [-0.2, -0.15) is 0 Å². The molecular weight excluding hydrogens is 300 g/mol. The van der Waals surface area contributed by atoms with Gasteiger partial charge in [-0.05, 0) is 30.4 Å². The van der Waals surface area contributed by atoms with Gasteiger partial charge >= 0.3 is 5.69 Å². The molecule has 0 amide bonds. The number of para-hydroxylation sites is 2. The van der Waals surface area contributed by atoms with Gasteiger partial charge < -0.3 is 4.42 Å². The smallest absolute Gasteiger partial charge is 0.322 e. The molecule has 1 heterocycles. The van der Waals surface area contributed by atoms with Gasteiger partial charge in [-0.25, -0.2) is 0 Å². The number of furan rings is 1. The van der Waals surface area contributed by atoms with Crippen LogP contribution in [-0.2, 0) is 0 Å². The normalized spacial score (nSPS) is 11.1. The average molecular weight is 310 g/mol. The molecule has 23 heavy (non-hydrogen) atoms. The van der Waals surface area contributed by atoms with Gasteiger partial charge in [0, 0.05) is 6.07 Å². The number of nitro groups is 2. The first-order valence-electron chi connectivity index (χ1n) is 6.65. The van der Waals surface area contributed by atoms with E-state index in [0.29, 0.717) is 16.5 Å². The van der Waals surface area contributed by atoms with Crippen LogP contribution in [0.25, 0.3) is 23.1 Å². The van der Waals surface area contributed by atoms with Crippen LogP contribution >= 0.6 is 0 Å². The summed E-state index contributed by atoms with van der Waals surface area (Å²) in [5.41, 5.74) is 0.492. The number of nitro benzene ring substituents is 1. The Morgan fingerprint density at radius 1 is 0.870 bits per heavy atom. The molecule has 1 aromatic heterocycles. The van der Waals surface area contributed by atoms with Gasteiger partial charge in [0.25, 0.3) is 5.69 Å². The lowest BCUT2D eigenvalue weighted by atomic mass is 10.1. The van der Waals surface area contributed by atoms with Crippen LogP contribution in [0.5, 0.6) is 0 Å². The summed E-state index contributed by atoms with van der Waals surface area (Å²) in [7, 11) is 0. The number of fused-ring (bicyclic) bond motifs is 1. The Morgan fingerprint density at radius 3 is 2.30 bits per heavy atom. The second kappa shape index (κ2) is 5.72. The maximum absolute atomic E-state index is 11.3. The van der Waals surface area contributed by atoms with Crippen molar-refractivity contribution in [1.82, 2.24) is 0 Å². The summed E-state index contributed by atoms with van der Waals surface area (Å²) >= 11 is 0. The van der Waals surface area contributed by atoms with E-state index in [1.54, 1.807) is 42.5 Å². The quantitative estimate of drug-likeness (QED) is 0.524. The number of nitrogens with zero attached hydrogens (tertiary/aromatic N) is 2. The fourth-order valence-corrected chi connectivity index (χ4v) is 2.31. The van der Waals surface area contributed by atoms with Crippen molar-refractivity contribution in [3.8, 4) is 0 Å². The van der Waals surface area contributed by atoms with Gasteiger partial charge in [0.2, 0.25) is 5.76 Å². The number of hydrogen-bond acceptors (Lipinski definition) is 5. The van der Waals surface area contributed by atoms with Crippen LogP contribution in [0.1, 0.15) is 11.3 Å². The summed E-state index contributed by atoms with van der Waals surface area (Å²) in [4.78, 5) is 21.2. The third kappa shape index (κ3) is 2.67. The molecule has 0 spiro atoms. The lowest BCUT2D eigenvalue weighted by molar-refractivity contribution is -0.385. The Hall–Kier alpha value is -3.48. The zero-order chi connectivity index (χ0) is 16.4. The van der Waals surface area contributed by atoms with Crippen molar-refractivity contribution in [3.05, 3.63) is 80.1 Å². The summed E-state index contributed by atoms with van der Waals surface area (Å²) in [6.45, 7) is 0.